The molecule has 0 unspecified atom stereocenters. The first-order chi connectivity index (χ1) is 56.2. The van der Waals surface area contributed by atoms with Crippen LogP contribution in [-0.4, -0.2) is 161 Å². The summed E-state index contributed by atoms with van der Waals surface area (Å²) in [7, 11) is 11.5. The van der Waals surface area contributed by atoms with Gasteiger partial charge in [-0.15, -0.1) is 0 Å². The van der Waals surface area contributed by atoms with Crippen molar-refractivity contribution >= 4 is 104 Å². The number of anilines is 6. The Morgan fingerprint density at radius 3 is 0.881 bits per heavy atom. The third kappa shape index (κ3) is 21.5. The molecule has 608 valence electrons. The maximum Gasteiger partial charge on any atom is 0.327 e. The number of nitrogens with zero attached hydrogens (tertiary/aromatic N) is 9. The van der Waals surface area contributed by atoms with Crippen molar-refractivity contribution in [3.63, 3.8) is 0 Å². The van der Waals surface area contributed by atoms with Crippen LogP contribution in [0.5, 0.6) is 40.2 Å². The molecule has 0 aliphatic rings. The number of aromatic nitrogens is 6. The molecule has 23 nitrogen and oxygen atoms in total. The summed E-state index contributed by atoms with van der Waals surface area (Å²) < 4.78 is 35.9. The van der Waals surface area contributed by atoms with E-state index in [4.69, 9.17) is 47.6 Å². The zero-order valence-corrected chi connectivity index (χ0v) is 72.6. The highest BCUT2D eigenvalue weighted by Gasteiger charge is 2.25. The van der Waals surface area contributed by atoms with Crippen molar-refractivity contribution in [3.05, 3.63) is 262 Å². The molecular formula is C89H88Br2Cl2N12O11P2. The number of para-hydroxylation sites is 2. The second-order valence-corrected chi connectivity index (χ2v) is 34.7. The van der Waals surface area contributed by atoms with Gasteiger partial charge in [0.2, 0.25) is 5.75 Å². The van der Waals surface area contributed by atoms with E-state index in [1.807, 2.05) is 166 Å². The lowest BCUT2D eigenvalue weighted by molar-refractivity contribution is 0.371. The molecular weight excluding hydrogens is 1710 g/mol. The first-order valence-electron chi connectivity index (χ1n) is 37.0. The Labute approximate surface area is 711 Å². The van der Waals surface area contributed by atoms with Crippen LogP contribution < -0.4 is 38.9 Å². The van der Waals surface area contributed by atoms with Gasteiger partial charge in [0, 0.05) is 168 Å². The lowest BCUT2D eigenvalue weighted by atomic mass is 10.0. The van der Waals surface area contributed by atoms with Crippen LogP contribution in [-0.2, 0) is 9.13 Å². The van der Waals surface area contributed by atoms with E-state index in [9.17, 15) is 44.0 Å². The molecule has 0 radical (unpaired) electrons. The molecule has 0 fully saturated rings. The molecule has 29 heteroatoms. The molecule has 0 bridgehead atoms. The molecule has 14 aromatic rings. The Morgan fingerprint density at radius 2 is 0.602 bits per heavy atom. The van der Waals surface area contributed by atoms with Crippen LogP contribution in [0.1, 0.15) is 0 Å². The molecule has 0 spiro atoms. The van der Waals surface area contributed by atoms with E-state index in [-0.39, 0.29) is 64.2 Å². The van der Waals surface area contributed by atoms with Crippen LogP contribution in [0.25, 0.3) is 102 Å². The summed E-state index contributed by atoms with van der Waals surface area (Å²) >= 11 is 19.1. The number of phenols is 3. The molecule has 0 saturated heterocycles. The first kappa shape index (κ1) is 86.0. The third-order valence-corrected chi connectivity index (χ3v) is 22.6. The van der Waals surface area contributed by atoms with E-state index in [1.165, 1.54) is 0 Å². The smallest absolute Gasteiger partial charge is 0.327 e. The van der Waals surface area contributed by atoms with E-state index < -0.39 is 15.2 Å². The van der Waals surface area contributed by atoms with Gasteiger partial charge in [0.05, 0.1) is 65.5 Å². The number of aromatic amines is 3. The number of ether oxygens (including phenoxy) is 2. The van der Waals surface area contributed by atoms with Gasteiger partial charge >= 0.3 is 15.2 Å². The highest BCUT2D eigenvalue weighted by Crippen LogP contribution is 2.47. The number of imidazole rings is 3. The summed E-state index contributed by atoms with van der Waals surface area (Å²) in [6.07, 6.45) is -0.498. The van der Waals surface area contributed by atoms with Gasteiger partial charge in [-0.1, -0.05) is 132 Å². The number of hydrogen-bond donors (Lipinski definition) is 10. The minimum Gasteiger partial charge on any atom is -0.506 e. The van der Waals surface area contributed by atoms with Gasteiger partial charge in [-0.3, -0.25) is 9.13 Å². The Balaban J connectivity index is 0.000000165. The summed E-state index contributed by atoms with van der Waals surface area (Å²) in [6.45, 7) is 0.392. The molecule has 0 amide bonds. The third-order valence-electron chi connectivity index (χ3n) is 19.2. The van der Waals surface area contributed by atoms with Gasteiger partial charge in [0.15, 0.2) is 17.2 Å². The molecule has 3 aromatic heterocycles. The molecule has 0 aliphatic heterocycles. The van der Waals surface area contributed by atoms with Crippen LogP contribution in [0.15, 0.2) is 252 Å². The topological polar surface area (TPSA) is 300 Å². The number of nitrogens with one attached hydrogen (secondary N) is 3. The van der Waals surface area contributed by atoms with Crippen LogP contribution in [0.4, 0.5) is 34.1 Å². The molecule has 10 N–H and O–H groups in total. The van der Waals surface area contributed by atoms with Crippen molar-refractivity contribution in [1.82, 2.24) is 29.9 Å². The summed E-state index contributed by atoms with van der Waals surface area (Å²) in [5.74, 6) is 3.31. The SMILES string of the molecule is CN(C)c1ccc(-c2nc(-c3cc(Cl)c(O)c(Cl)c3)[nH]c2-c2ccc(N(C)C)cc2)cc1.CN(C)c1ccc(-c2nc(-c3cc(Oc4ccccc4)c(O)c(Oc4ccccc4)c3)[nH]c2-c2ccc(N(C)C)cc2)cc1.CN(CCP(=O)(O)O)c1ccc(-c2nc(-c3cc(Br)c(O)c(Br)c3)[nH]c2-c2ccc(N(C)CCP(=O)(O)O)cc2)cc1. The first-order valence-corrected chi connectivity index (χ1v) is 43.0. The zero-order valence-electron chi connectivity index (χ0n) is 66.1. The summed E-state index contributed by atoms with van der Waals surface area (Å²) in [4.78, 5) is 74.0. The minimum absolute atomic E-state index is 0.0719. The highest BCUT2D eigenvalue weighted by molar-refractivity contribution is 9.11. The minimum atomic E-state index is -4.11. The van der Waals surface area contributed by atoms with Gasteiger partial charge in [-0.25, -0.2) is 15.0 Å². The molecule has 0 atom stereocenters. The number of rotatable bonds is 25. The standard InChI is InChI=1S/C37H34N4O3.C27H30Br2N4O7P2.C25H24Cl2N4O/c1-40(2)28-19-15-25(16-20-28)34-35(26-17-21-29(22-18-26)41(3)4)39-37(38-34)27-23-32(43-30-11-7-5-8-12-30)36(42)33(24-27)44-31-13-9-6-10-14-31;1-32(11-13-41(35,36)37)20-7-3-17(4-8-20)24-25(31-27(30-24)19-15-22(28)26(34)23(29)16-19)18-5-9-21(10-6-18)33(2)12-14-42(38,39)40;1-30(2)18-9-5-15(6-10-18)22-23(16-7-11-19(12-8-16)31(3)4)29-25(28-22)17-13-20(26)24(32)21(27)14-17/h5-24,42H,1-4H3,(H,38,39);3-10,15-16,34H,11-14H2,1-2H3,(H,30,31)(H2,35,36,37)(H2,38,39,40);5-14,32H,1-4H3,(H,28,29). The maximum absolute atomic E-state index is 11.3. The van der Waals surface area contributed by atoms with Gasteiger partial charge in [-0.05, 0) is 165 Å². The van der Waals surface area contributed by atoms with Crippen molar-refractivity contribution in [2.24, 2.45) is 0 Å². The predicted octanol–water partition coefficient (Wildman–Crippen LogP) is 21.3. The van der Waals surface area contributed by atoms with E-state index in [0.29, 0.717) is 54.7 Å². The van der Waals surface area contributed by atoms with E-state index >= 15 is 0 Å². The van der Waals surface area contributed by atoms with Crippen LogP contribution in [0, 0.1) is 0 Å². The average molecular weight is 1790 g/mol. The van der Waals surface area contributed by atoms with E-state index in [2.05, 4.69) is 163 Å². The van der Waals surface area contributed by atoms with Crippen molar-refractivity contribution < 1.29 is 53.5 Å². The Kier molecular flexibility index (Phi) is 27.4. The number of H-pyrrole nitrogens is 3. The summed E-state index contributed by atoms with van der Waals surface area (Å²) in [5, 5.41) is 31.7. The van der Waals surface area contributed by atoms with Crippen molar-refractivity contribution in [2.75, 3.05) is 125 Å². The summed E-state index contributed by atoms with van der Waals surface area (Å²) in [5.41, 5.74) is 18.5. The normalized spacial score (nSPS) is 11.3. The fourth-order valence-electron chi connectivity index (χ4n) is 12.6. The van der Waals surface area contributed by atoms with Crippen LogP contribution >= 0.6 is 70.3 Å². The van der Waals surface area contributed by atoms with Gasteiger partial charge in [-0.2, -0.15) is 0 Å². The van der Waals surface area contributed by atoms with Crippen molar-refractivity contribution in [2.45, 2.75) is 0 Å². The van der Waals surface area contributed by atoms with Gasteiger partial charge in [0.1, 0.15) is 34.7 Å². The summed E-state index contributed by atoms with van der Waals surface area (Å²) in [6, 6.07) is 77.3. The maximum atomic E-state index is 11.3. The Bertz CT molecular complexity index is 5560. The number of hydrogen-bond acceptors (Lipinski definition) is 16. The Hall–Kier alpha value is -11.3. The number of aromatic hydroxyl groups is 3. The van der Waals surface area contributed by atoms with Gasteiger partial charge in [0.25, 0.3) is 0 Å². The Morgan fingerprint density at radius 1 is 0.339 bits per heavy atom. The van der Waals surface area contributed by atoms with Gasteiger partial charge < -0.3 is 88.7 Å². The highest BCUT2D eigenvalue weighted by atomic mass is 79.9. The molecule has 3 heterocycles. The quantitative estimate of drug-likeness (QED) is 0.0238. The van der Waals surface area contributed by atoms with Crippen LogP contribution in [0.3, 0.4) is 0 Å². The predicted molar refractivity (Wildman–Crippen MR) is 486 cm³/mol. The molecule has 0 aliphatic carbocycles. The average Bonchev–Trinajstić information content (AvgIpc) is 1.62. The fourth-order valence-corrected chi connectivity index (χ4v) is 15.4. The number of benzene rings is 11. The lowest BCUT2D eigenvalue weighted by Gasteiger charge is -2.20. The number of halogens is 4. The molecule has 14 rings (SSSR count). The van der Waals surface area contributed by atoms with Crippen molar-refractivity contribution in [3.8, 4) is 142 Å². The van der Waals surface area contributed by atoms with E-state index in [0.717, 1.165) is 102 Å². The fraction of sp³-hybridized carbons (Fsp3) is 0.157. The monoisotopic (exact) mass is 1790 g/mol. The molecule has 0 saturated carbocycles. The van der Waals surface area contributed by atoms with Crippen LogP contribution in [0.2, 0.25) is 10.0 Å². The number of phenolic OH excluding ortho intramolecular Hbond substituents is 3. The van der Waals surface area contributed by atoms with E-state index in [1.54, 1.807) is 60.3 Å². The van der Waals surface area contributed by atoms with Crippen molar-refractivity contribution in [1.29, 1.82) is 0 Å². The largest absolute Gasteiger partial charge is 0.506 e. The molecule has 11 aromatic carbocycles. The second kappa shape index (κ2) is 37.5. The zero-order chi connectivity index (χ0) is 84.4. The lowest BCUT2D eigenvalue weighted by Crippen LogP contribution is -2.21. The second-order valence-electron chi connectivity index (χ2n) is 28.6. The molecule has 118 heavy (non-hydrogen) atoms.